The average Bonchev–Trinajstić information content (AvgIpc) is 1.89. The van der Waals surface area contributed by atoms with Crippen molar-refractivity contribution in [2.45, 2.75) is 13.2 Å². The molecule has 2 N–H and O–H groups in total. The van der Waals surface area contributed by atoms with Crippen molar-refractivity contribution in [3.63, 3.8) is 0 Å². The van der Waals surface area contributed by atoms with Crippen molar-refractivity contribution in [1.82, 2.24) is 10.9 Å². The number of hydrazine groups is 1. The smallest absolute Gasteiger partial charge is 0.117 e. The molecular weight excluding hydrogens is 231 g/mol. The second-order valence-corrected chi connectivity index (χ2v) is 2.72. The third-order valence-electron chi connectivity index (χ3n) is 0.878. The van der Waals surface area contributed by atoms with E-state index in [-0.39, 0.29) is 6.23 Å². The maximum absolute atomic E-state index is 4.92. The highest BCUT2D eigenvalue weighted by molar-refractivity contribution is 14.1. The number of hydrogen-bond acceptors (Lipinski definition) is 3. The molecule has 0 radical (unpaired) electrons. The number of hydrogen-bond donors (Lipinski definition) is 2. The molecule has 9 heavy (non-hydrogen) atoms. The van der Waals surface area contributed by atoms with Gasteiger partial charge in [0.25, 0.3) is 0 Å². The van der Waals surface area contributed by atoms with Crippen LogP contribution >= 0.6 is 22.6 Å². The zero-order valence-electron chi connectivity index (χ0n) is 5.78. The molecule has 0 fully saturated rings. The number of rotatable bonds is 5. The van der Waals surface area contributed by atoms with E-state index in [4.69, 9.17) is 4.74 Å². The number of alkyl halides is 1. The Bertz CT molecular complexity index is 62.9. The Labute approximate surface area is 69.6 Å². The number of methoxy groups -OCH3 is 1. The quantitative estimate of drug-likeness (QED) is 0.243. The summed E-state index contributed by atoms with van der Waals surface area (Å²) in [6.07, 6.45) is 0.0907. The van der Waals surface area contributed by atoms with Crippen LogP contribution in [0.1, 0.15) is 6.92 Å². The van der Waals surface area contributed by atoms with E-state index in [9.17, 15) is 0 Å². The molecule has 56 valence electrons. The largest absolute Gasteiger partial charge is 0.366 e. The SMILES string of the molecule is COC(C)NNCCI. The van der Waals surface area contributed by atoms with Gasteiger partial charge < -0.3 is 4.74 Å². The van der Waals surface area contributed by atoms with Crippen LogP contribution in [0.3, 0.4) is 0 Å². The van der Waals surface area contributed by atoms with Gasteiger partial charge in [0.2, 0.25) is 0 Å². The lowest BCUT2D eigenvalue weighted by molar-refractivity contribution is 0.0769. The van der Waals surface area contributed by atoms with Gasteiger partial charge in [-0.15, -0.1) is 0 Å². The Kier molecular flexibility index (Phi) is 7.18. The van der Waals surface area contributed by atoms with Gasteiger partial charge in [0.15, 0.2) is 0 Å². The van der Waals surface area contributed by atoms with Crippen LogP contribution in [0.2, 0.25) is 0 Å². The van der Waals surface area contributed by atoms with Crippen LogP contribution < -0.4 is 10.9 Å². The Morgan fingerprint density at radius 2 is 2.33 bits per heavy atom. The Morgan fingerprint density at radius 1 is 1.67 bits per heavy atom. The maximum Gasteiger partial charge on any atom is 0.117 e. The zero-order valence-corrected chi connectivity index (χ0v) is 7.94. The van der Waals surface area contributed by atoms with Crippen molar-refractivity contribution in [1.29, 1.82) is 0 Å². The topological polar surface area (TPSA) is 33.3 Å². The van der Waals surface area contributed by atoms with E-state index in [2.05, 4.69) is 33.4 Å². The minimum absolute atomic E-state index is 0.0907. The van der Waals surface area contributed by atoms with Crippen LogP contribution in [0.25, 0.3) is 0 Å². The molecule has 0 aliphatic rings. The van der Waals surface area contributed by atoms with E-state index in [0.29, 0.717) is 0 Å². The third-order valence-corrected chi connectivity index (χ3v) is 1.42. The number of nitrogens with one attached hydrogen (secondary N) is 2. The normalized spacial score (nSPS) is 13.7. The Hall–Kier alpha value is 0.610. The third kappa shape index (κ3) is 6.50. The summed E-state index contributed by atoms with van der Waals surface area (Å²) in [6.45, 7) is 2.91. The van der Waals surface area contributed by atoms with E-state index < -0.39 is 0 Å². The molecule has 0 aromatic carbocycles. The highest BCUT2D eigenvalue weighted by Crippen LogP contribution is 1.77. The van der Waals surface area contributed by atoms with Gasteiger partial charge in [-0.2, -0.15) is 0 Å². The molecule has 3 nitrogen and oxygen atoms in total. The van der Waals surface area contributed by atoms with E-state index in [1.54, 1.807) is 7.11 Å². The van der Waals surface area contributed by atoms with Crippen molar-refractivity contribution < 1.29 is 4.74 Å². The van der Waals surface area contributed by atoms with Crippen molar-refractivity contribution in [2.24, 2.45) is 0 Å². The van der Waals surface area contributed by atoms with Gasteiger partial charge in [-0.3, -0.25) is 5.43 Å². The summed E-state index contributed by atoms with van der Waals surface area (Å²) in [5.41, 5.74) is 5.96. The molecule has 0 aromatic rings. The first-order chi connectivity index (χ1) is 4.31. The van der Waals surface area contributed by atoms with Gasteiger partial charge >= 0.3 is 0 Å². The summed E-state index contributed by atoms with van der Waals surface area (Å²) >= 11 is 2.30. The van der Waals surface area contributed by atoms with Gasteiger partial charge in [0.05, 0.1) is 0 Å². The molecule has 0 aliphatic heterocycles. The second-order valence-electron chi connectivity index (χ2n) is 1.64. The molecule has 0 saturated heterocycles. The van der Waals surface area contributed by atoms with Crippen LogP contribution in [0.5, 0.6) is 0 Å². The summed E-state index contributed by atoms with van der Waals surface area (Å²) in [5.74, 6) is 0. The van der Waals surface area contributed by atoms with E-state index >= 15 is 0 Å². The molecule has 0 amide bonds. The van der Waals surface area contributed by atoms with Gasteiger partial charge in [-0.25, -0.2) is 5.43 Å². The Balaban J connectivity index is 2.88. The first-order valence-corrected chi connectivity index (χ1v) is 4.41. The van der Waals surface area contributed by atoms with Crippen LogP contribution in [0.4, 0.5) is 0 Å². The molecule has 1 atom stereocenters. The summed E-state index contributed by atoms with van der Waals surface area (Å²) in [4.78, 5) is 0. The van der Waals surface area contributed by atoms with Gasteiger partial charge in [0, 0.05) is 18.1 Å². The number of halogens is 1. The summed E-state index contributed by atoms with van der Waals surface area (Å²) < 4.78 is 6.02. The van der Waals surface area contributed by atoms with Crippen LogP contribution in [0, 0.1) is 0 Å². The standard InChI is InChI=1S/C5H13IN2O/c1-5(9-2)8-7-4-3-6/h5,7-8H,3-4H2,1-2H3. The predicted molar refractivity (Wildman–Crippen MR) is 46.5 cm³/mol. The molecule has 0 aliphatic carbocycles. The summed E-state index contributed by atoms with van der Waals surface area (Å²) in [5, 5.41) is 0. The molecule has 0 aromatic heterocycles. The van der Waals surface area contributed by atoms with E-state index in [1.165, 1.54) is 0 Å². The lowest BCUT2D eigenvalue weighted by Gasteiger charge is -2.11. The summed E-state index contributed by atoms with van der Waals surface area (Å²) in [7, 11) is 1.67. The maximum atomic E-state index is 4.92. The lowest BCUT2D eigenvalue weighted by atomic mass is 10.7. The number of ether oxygens (including phenoxy) is 1. The van der Waals surface area contributed by atoms with Crippen LogP contribution in [0.15, 0.2) is 0 Å². The highest BCUT2D eigenvalue weighted by atomic mass is 127. The minimum Gasteiger partial charge on any atom is -0.366 e. The molecule has 1 unspecified atom stereocenters. The van der Waals surface area contributed by atoms with Crippen molar-refractivity contribution in [3.8, 4) is 0 Å². The van der Waals surface area contributed by atoms with E-state index in [0.717, 1.165) is 11.0 Å². The first kappa shape index (κ1) is 9.61. The second kappa shape index (κ2) is 6.73. The minimum atomic E-state index is 0.0907. The predicted octanol–water partition coefficient (Wildman–Crippen LogP) is 0.508. The van der Waals surface area contributed by atoms with Crippen molar-refractivity contribution in [3.05, 3.63) is 0 Å². The molecule has 0 saturated carbocycles. The fraction of sp³-hybridized carbons (Fsp3) is 1.00. The van der Waals surface area contributed by atoms with E-state index in [1.807, 2.05) is 6.92 Å². The lowest BCUT2D eigenvalue weighted by Crippen LogP contribution is -2.40. The van der Waals surface area contributed by atoms with Crippen molar-refractivity contribution in [2.75, 3.05) is 18.1 Å². The highest BCUT2D eigenvalue weighted by Gasteiger charge is 1.92. The van der Waals surface area contributed by atoms with Gasteiger partial charge in [0.1, 0.15) is 6.23 Å². The molecule has 0 bridgehead atoms. The monoisotopic (exact) mass is 244 g/mol. The molecule has 4 heteroatoms. The molecule has 0 spiro atoms. The first-order valence-electron chi connectivity index (χ1n) is 2.88. The molecular formula is C5H13IN2O. The van der Waals surface area contributed by atoms with Crippen molar-refractivity contribution >= 4 is 22.6 Å². The van der Waals surface area contributed by atoms with Gasteiger partial charge in [-0.05, 0) is 6.92 Å². The fourth-order valence-electron chi connectivity index (χ4n) is 0.322. The Morgan fingerprint density at radius 3 is 2.78 bits per heavy atom. The van der Waals surface area contributed by atoms with Gasteiger partial charge in [-0.1, -0.05) is 22.6 Å². The average molecular weight is 244 g/mol. The molecule has 0 heterocycles. The zero-order chi connectivity index (χ0) is 7.11. The fourth-order valence-corrected chi connectivity index (χ4v) is 0.592. The van der Waals surface area contributed by atoms with Crippen LogP contribution in [-0.2, 0) is 4.74 Å². The summed E-state index contributed by atoms with van der Waals surface area (Å²) in [6, 6.07) is 0. The van der Waals surface area contributed by atoms with Crippen LogP contribution in [-0.4, -0.2) is 24.3 Å². The molecule has 0 rings (SSSR count).